The summed E-state index contributed by atoms with van der Waals surface area (Å²) in [7, 11) is 0. The highest BCUT2D eigenvalue weighted by Crippen LogP contribution is 2.28. The molecule has 2 aromatic carbocycles. The summed E-state index contributed by atoms with van der Waals surface area (Å²) >= 11 is 0. The summed E-state index contributed by atoms with van der Waals surface area (Å²) < 4.78 is 5.73. The van der Waals surface area contributed by atoms with Crippen molar-refractivity contribution in [2.75, 3.05) is 43.0 Å². The summed E-state index contributed by atoms with van der Waals surface area (Å²) in [6.45, 7) is 8.10. The molecule has 0 saturated carbocycles. The van der Waals surface area contributed by atoms with E-state index in [9.17, 15) is 4.79 Å². The fourth-order valence-electron chi connectivity index (χ4n) is 4.25. The van der Waals surface area contributed by atoms with E-state index in [0.717, 1.165) is 55.4 Å². The first-order valence-electron chi connectivity index (χ1n) is 12.3. The van der Waals surface area contributed by atoms with Crippen LogP contribution in [0.4, 0.5) is 17.3 Å². The molecule has 0 spiro atoms. The highest BCUT2D eigenvalue weighted by atomic mass is 16.5. The number of hydrogen-bond donors (Lipinski definition) is 3. The zero-order chi connectivity index (χ0) is 24.9. The maximum absolute atomic E-state index is 12.0. The van der Waals surface area contributed by atoms with Crippen LogP contribution < -0.4 is 25.6 Å². The number of amides is 1. The van der Waals surface area contributed by atoms with Gasteiger partial charge in [-0.15, -0.1) is 0 Å². The molecule has 2 aliphatic heterocycles. The van der Waals surface area contributed by atoms with Crippen molar-refractivity contribution in [2.45, 2.75) is 26.4 Å². The van der Waals surface area contributed by atoms with Crippen LogP contribution in [0, 0.1) is 0 Å². The van der Waals surface area contributed by atoms with Crippen molar-refractivity contribution < 1.29 is 9.53 Å². The molecular weight excluding hydrogens is 454 g/mol. The molecule has 186 valence electrons. The topological polar surface area (TPSA) is 104 Å². The Balaban J connectivity index is 1.42. The van der Waals surface area contributed by atoms with Gasteiger partial charge < -0.3 is 25.6 Å². The average molecular weight is 486 g/mol. The molecule has 3 heterocycles. The van der Waals surface area contributed by atoms with Crippen LogP contribution in [0.3, 0.4) is 0 Å². The maximum atomic E-state index is 12.0. The maximum Gasteiger partial charge on any atom is 0.258 e. The summed E-state index contributed by atoms with van der Waals surface area (Å²) in [5.41, 5.74) is 4.12. The van der Waals surface area contributed by atoms with E-state index in [0.29, 0.717) is 17.4 Å². The molecule has 36 heavy (non-hydrogen) atoms. The second-order valence-electron chi connectivity index (χ2n) is 9.22. The predicted octanol–water partition coefficient (Wildman–Crippen LogP) is 3.13. The van der Waals surface area contributed by atoms with Crippen molar-refractivity contribution in [3.8, 4) is 17.1 Å². The zero-order valence-electron chi connectivity index (χ0n) is 20.6. The molecule has 5 rings (SSSR count). The fourth-order valence-corrected chi connectivity index (χ4v) is 4.25. The molecular formula is C27H31N7O2. The molecule has 0 unspecified atom stereocenters. The van der Waals surface area contributed by atoms with Gasteiger partial charge in [-0.05, 0) is 49.2 Å². The molecule has 1 aromatic heterocycles. The Morgan fingerprint density at radius 3 is 2.81 bits per heavy atom. The molecule has 3 N–H and O–H groups in total. The number of fused-ring (bicyclic) bond motifs is 1. The van der Waals surface area contributed by atoms with Gasteiger partial charge in [-0.1, -0.05) is 18.2 Å². The SMILES string of the molecule is CC(C)NC(=O)COc1cccc(-c2nc(Nc3ccc4c(c3)C=NC4)cc(N3CCNCC3)n2)c1. The van der Waals surface area contributed by atoms with Gasteiger partial charge >= 0.3 is 0 Å². The van der Waals surface area contributed by atoms with E-state index in [1.165, 1.54) is 5.56 Å². The lowest BCUT2D eigenvalue weighted by atomic mass is 10.1. The first kappa shape index (κ1) is 23.7. The lowest BCUT2D eigenvalue weighted by Gasteiger charge is -2.29. The Kier molecular flexibility index (Phi) is 7.08. The number of hydrogen-bond acceptors (Lipinski definition) is 8. The number of nitrogens with zero attached hydrogens (tertiary/aromatic N) is 4. The summed E-state index contributed by atoms with van der Waals surface area (Å²) in [5.74, 6) is 2.61. The largest absolute Gasteiger partial charge is 0.484 e. The lowest BCUT2D eigenvalue weighted by Crippen LogP contribution is -2.44. The van der Waals surface area contributed by atoms with Crippen LogP contribution in [-0.2, 0) is 11.3 Å². The molecule has 3 aromatic rings. The minimum Gasteiger partial charge on any atom is -0.484 e. The second-order valence-corrected chi connectivity index (χ2v) is 9.22. The number of ether oxygens (including phenoxy) is 1. The van der Waals surface area contributed by atoms with Crippen LogP contribution >= 0.6 is 0 Å². The minimum absolute atomic E-state index is 0.0439. The molecule has 0 radical (unpaired) electrons. The number of nitrogens with one attached hydrogen (secondary N) is 3. The third-order valence-electron chi connectivity index (χ3n) is 5.98. The Morgan fingerprint density at radius 2 is 1.97 bits per heavy atom. The first-order chi connectivity index (χ1) is 17.5. The highest BCUT2D eigenvalue weighted by molar-refractivity contribution is 5.86. The number of piperazine rings is 1. The molecule has 0 bridgehead atoms. The number of anilines is 3. The number of carbonyl (C=O) groups excluding carboxylic acids is 1. The Hall–Kier alpha value is -3.98. The number of rotatable bonds is 8. The van der Waals surface area contributed by atoms with E-state index in [2.05, 4.69) is 44.0 Å². The summed E-state index contributed by atoms with van der Waals surface area (Å²) in [6, 6.07) is 15.8. The van der Waals surface area contributed by atoms with Crippen molar-refractivity contribution in [1.29, 1.82) is 0 Å². The molecule has 0 atom stereocenters. The minimum atomic E-state index is -0.154. The van der Waals surface area contributed by atoms with Gasteiger partial charge in [-0.3, -0.25) is 9.79 Å². The zero-order valence-corrected chi connectivity index (χ0v) is 20.6. The monoisotopic (exact) mass is 485 g/mol. The summed E-state index contributed by atoms with van der Waals surface area (Å²) in [4.78, 5) is 28.3. The standard InChI is InChI=1S/C27H31N7O2/c1-18(2)30-26(35)17-36-23-5-3-4-19(13-23)27-32-24(14-25(33-27)34-10-8-28-9-11-34)31-22-7-6-20-15-29-16-21(20)12-22/h3-7,12-14,16,18,28H,8-11,15,17H2,1-2H3,(H,30,35)(H,31,32,33). The Bertz CT molecular complexity index is 1270. The quantitative estimate of drug-likeness (QED) is 0.450. The number of benzene rings is 2. The second kappa shape index (κ2) is 10.7. The van der Waals surface area contributed by atoms with Crippen LogP contribution in [0.25, 0.3) is 11.4 Å². The van der Waals surface area contributed by atoms with E-state index in [4.69, 9.17) is 14.7 Å². The summed E-state index contributed by atoms with van der Waals surface area (Å²) in [6.07, 6.45) is 1.91. The van der Waals surface area contributed by atoms with Crippen molar-refractivity contribution in [3.63, 3.8) is 0 Å². The average Bonchev–Trinajstić information content (AvgIpc) is 3.36. The van der Waals surface area contributed by atoms with Crippen molar-refractivity contribution in [3.05, 3.63) is 59.7 Å². The Morgan fingerprint density at radius 1 is 1.11 bits per heavy atom. The van der Waals surface area contributed by atoms with E-state index in [1.54, 1.807) is 0 Å². The van der Waals surface area contributed by atoms with Gasteiger partial charge in [-0.25, -0.2) is 9.97 Å². The van der Waals surface area contributed by atoms with E-state index < -0.39 is 0 Å². The summed E-state index contributed by atoms with van der Waals surface area (Å²) in [5, 5.41) is 9.68. The molecule has 9 nitrogen and oxygen atoms in total. The molecule has 9 heteroatoms. The Labute approximate surface area is 211 Å². The smallest absolute Gasteiger partial charge is 0.258 e. The van der Waals surface area contributed by atoms with E-state index >= 15 is 0 Å². The van der Waals surface area contributed by atoms with E-state index in [-0.39, 0.29) is 18.6 Å². The lowest BCUT2D eigenvalue weighted by molar-refractivity contribution is -0.123. The molecule has 0 aliphatic carbocycles. The predicted molar refractivity (Wildman–Crippen MR) is 142 cm³/mol. The van der Waals surface area contributed by atoms with Gasteiger partial charge in [-0.2, -0.15) is 0 Å². The number of aliphatic imine (C=N–C) groups is 1. The van der Waals surface area contributed by atoms with Gasteiger partial charge in [0.25, 0.3) is 5.91 Å². The van der Waals surface area contributed by atoms with Crippen molar-refractivity contribution in [1.82, 2.24) is 20.6 Å². The van der Waals surface area contributed by atoms with E-state index in [1.807, 2.05) is 50.4 Å². The third-order valence-corrected chi connectivity index (χ3v) is 5.98. The van der Waals surface area contributed by atoms with Gasteiger partial charge in [0.05, 0.1) is 6.54 Å². The number of carbonyl (C=O) groups is 1. The molecule has 1 amide bonds. The first-order valence-corrected chi connectivity index (χ1v) is 12.3. The van der Waals surface area contributed by atoms with Gasteiger partial charge in [0, 0.05) is 55.8 Å². The van der Waals surface area contributed by atoms with Crippen LogP contribution in [0.15, 0.2) is 53.5 Å². The molecule has 2 aliphatic rings. The molecule has 1 saturated heterocycles. The van der Waals surface area contributed by atoms with Crippen LogP contribution in [0.1, 0.15) is 25.0 Å². The number of aromatic nitrogens is 2. The van der Waals surface area contributed by atoms with Crippen molar-refractivity contribution >= 4 is 29.4 Å². The van der Waals surface area contributed by atoms with Crippen LogP contribution in [-0.4, -0.2) is 60.9 Å². The van der Waals surface area contributed by atoms with Crippen LogP contribution in [0.2, 0.25) is 0 Å². The fraction of sp³-hybridized carbons (Fsp3) is 0.333. The third kappa shape index (κ3) is 5.80. The molecule has 1 fully saturated rings. The normalized spacial score (nSPS) is 14.6. The van der Waals surface area contributed by atoms with Crippen LogP contribution in [0.5, 0.6) is 5.75 Å². The van der Waals surface area contributed by atoms with Crippen molar-refractivity contribution in [2.24, 2.45) is 4.99 Å². The van der Waals surface area contributed by atoms with Gasteiger partial charge in [0.2, 0.25) is 0 Å². The highest BCUT2D eigenvalue weighted by Gasteiger charge is 2.16. The van der Waals surface area contributed by atoms with Gasteiger partial charge in [0.1, 0.15) is 17.4 Å². The van der Waals surface area contributed by atoms with Gasteiger partial charge in [0.15, 0.2) is 12.4 Å².